The molecule has 1 N–H and O–H groups in total. The highest BCUT2D eigenvalue weighted by molar-refractivity contribution is 7.89. The summed E-state index contributed by atoms with van der Waals surface area (Å²) >= 11 is 0. The molecule has 0 fully saturated rings. The van der Waals surface area contributed by atoms with Crippen LogP contribution in [-0.2, 0) is 16.6 Å². The van der Waals surface area contributed by atoms with Crippen LogP contribution >= 0.6 is 0 Å². The summed E-state index contributed by atoms with van der Waals surface area (Å²) in [6, 6.07) is 10.5. The Hall–Kier alpha value is -2.25. The summed E-state index contributed by atoms with van der Waals surface area (Å²) in [6.07, 6.45) is 0. The molecule has 2 aromatic carbocycles. The lowest BCUT2D eigenvalue weighted by molar-refractivity contribution is 0.0949. The van der Waals surface area contributed by atoms with E-state index in [0.29, 0.717) is 11.1 Å². The summed E-state index contributed by atoms with van der Waals surface area (Å²) in [7, 11) is -0.783. The minimum absolute atomic E-state index is 0.0234. The van der Waals surface area contributed by atoms with Crippen LogP contribution in [0.1, 0.15) is 21.5 Å². The standard InChI is InChI=1S/C17H19FN2O3S/c1-12-8-9-14(24(22,23)20(2)3)10-15(12)17(21)19-11-13-6-4-5-7-16(13)18/h4-10H,11H2,1-3H3,(H,19,21). The van der Waals surface area contributed by atoms with Crippen LogP contribution in [0.15, 0.2) is 47.4 Å². The Morgan fingerprint density at radius 1 is 1.17 bits per heavy atom. The van der Waals surface area contributed by atoms with E-state index in [1.54, 1.807) is 31.2 Å². The van der Waals surface area contributed by atoms with E-state index in [2.05, 4.69) is 5.32 Å². The molecule has 0 saturated heterocycles. The van der Waals surface area contributed by atoms with Crippen LogP contribution in [0, 0.1) is 12.7 Å². The molecular weight excluding hydrogens is 331 g/mol. The van der Waals surface area contributed by atoms with Gasteiger partial charge in [0, 0.05) is 31.8 Å². The monoisotopic (exact) mass is 350 g/mol. The van der Waals surface area contributed by atoms with Crippen molar-refractivity contribution in [2.75, 3.05) is 14.1 Å². The van der Waals surface area contributed by atoms with Crippen molar-refractivity contribution < 1.29 is 17.6 Å². The van der Waals surface area contributed by atoms with E-state index < -0.39 is 21.7 Å². The number of nitrogens with zero attached hydrogens (tertiary/aromatic N) is 1. The second kappa shape index (κ2) is 7.11. The summed E-state index contributed by atoms with van der Waals surface area (Å²) < 4.78 is 39.1. The van der Waals surface area contributed by atoms with Gasteiger partial charge in [-0.1, -0.05) is 24.3 Å². The maximum atomic E-state index is 13.6. The van der Waals surface area contributed by atoms with E-state index in [-0.39, 0.29) is 17.0 Å². The Morgan fingerprint density at radius 3 is 2.46 bits per heavy atom. The van der Waals surface area contributed by atoms with Gasteiger partial charge >= 0.3 is 0 Å². The van der Waals surface area contributed by atoms with Gasteiger partial charge in [0.2, 0.25) is 10.0 Å². The van der Waals surface area contributed by atoms with Gasteiger partial charge in [0.1, 0.15) is 5.82 Å². The summed E-state index contributed by atoms with van der Waals surface area (Å²) in [5, 5.41) is 2.62. The molecule has 0 aliphatic heterocycles. The fraction of sp³-hybridized carbons (Fsp3) is 0.235. The van der Waals surface area contributed by atoms with Gasteiger partial charge in [-0.15, -0.1) is 0 Å². The first-order valence-electron chi connectivity index (χ1n) is 7.28. The summed E-state index contributed by atoms with van der Waals surface area (Å²) in [5.74, 6) is -0.856. The molecule has 0 spiro atoms. The SMILES string of the molecule is Cc1ccc(S(=O)(=O)N(C)C)cc1C(=O)NCc1ccccc1F. The Labute approximate surface area is 141 Å². The number of carbonyl (C=O) groups is 1. The molecule has 0 aliphatic carbocycles. The van der Waals surface area contributed by atoms with Crippen LogP contribution in [0.3, 0.4) is 0 Å². The van der Waals surface area contributed by atoms with Gasteiger partial charge in [-0.2, -0.15) is 0 Å². The van der Waals surface area contributed by atoms with Gasteiger partial charge in [-0.3, -0.25) is 4.79 Å². The number of hydrogen-bond acceptors (Lipinski definition) is 3. The fourth-order valence-corrected chi connectivity index (χ4v) is 3.06. The van der Waals surface area contributed by atoms with Crippen molar-refractivity contribution in [3.05, 3.63) is 65.0 Å². The molecule has 7 heteroatoms. The zero-order valence-electron chi connectivity index (χ0n) is 13.7. The average Bonchev–Trinajstić information content (AvgIpc) is 2.54. The number of hydrogen-bond donors (Lipinski definition) is 1. The summed E-state index contributed by atoms with van der Waals surface area (Å²) in [4.78, 5) is 12.4. The predicted octanol–water partition coefficient (Wildman–Crippen LogP) is 2.31. The fourth-order valence-electron chi connectivity index (χ4n) is 2.13. The van der Waals surface area contributed by atoms with Crippen molar-refractivity contribution in [3.8, 4) is 0 Å². The Kier molecular flexibility index (Phi) is 5.36. The van der Waals surface area contributed by atoms with Gasteiger partial charge in [0.15, 0.2) is 0 Å². The molecule has 0 saturated carbocycles. The highest BCUT2D eigenvalue weighted by Crippen LogP contribution is 2.18. The molecule has 2 rings (SSSR count). The molecule has 1 amide bonds. The Balaban J connectivity index is 2.25. The number of aryl methyl sites for hydroxylation is 1. The van der Waals surface area contributed by atoms with Gasteiger partial charge in [0.05, 0.1) is 4.90 Å². The van der Waals surface area contributed by atoms with Gasteiger partial charge in [-0.05, 0) is 30.7 Å². The molecule has 0 atom stereocenters. The van der Waals surface area contributed by atoms with E-state index in [0.717, 1.165) is 4.31 Å². The van der Waals surface area contributed by atoms with Gasteiger partial charge < -0.3 is 5.32 Å². The second-order valence-corrected chi connectivity index (χ2v) is 7.69. The molecule has 2 aromatic rings. The van der Waals surface area contributed by atoms with Crippen molar-refractivity contribution in [3.63, 3.8) is 0 Å². The molecule has 128 valence electrons. The number of nitrogens with one attached hydrogen (secondary N) is 1. The molecule has 5 nitrogen and oxygen atoms in total. The number of benzene rings is 2. The minimum Gasteiger partial charge on any atom is -0.348 e. The lowest BCUT2D eigenvalue weighted by atomic mass is 10.1. The smallest absolute Gasteiger partial charge is 0.251 e. The van der Waals surface area contributed by atoms with Gasteiger partial charge in [0.25, 0.3) is 5.91 Å². The lowest BCUT2D eigenvalue weighted by Gasteiger charge is -2.14. The van der Waals surface area contributed by atoms with Crippen LogP contribution in [0.2, 0.25) is 0 Å². The van der Waals surface area contributed by atoms with Crippen molar-refractivity contribution in [2.45, 2.75) is 18.4 Å². The average molecular weight is 350 g/mol. The normalized spacial score (nSPS) is 11.5. The first-order chi connectivity index (χ1) is 11.2. The molecule has 0 unspecified atom stereocenters. The van der Waals surface area contributed by atoms with Crippen LogP contribution in [-0.4, -0.2) is 32.7 Å². The predicted molar refractivity (Wildman–Crippen MR) is 89.6 cm³/mol. The quantitative estimate of drug-likeness (QED) is 0.900. The first-order valence-corrected chi connectivity index (χ1v) is 8.72. The Bertz CT molecular complexity index is 864. The topological polar surface area (TPSA) is 66.5 Å². The van der Waals surface area contributed by atoms with E-state index >= 15 is 0 Å². The zero-order valence-corrected chi connectivity index (χ0v) is 14.5. The van der Waals surface area contributed by atoms with E-state index in [4.69, 9.17) is 0 Å². The maximum absolute atomic E-state index is 13.6. The van der Waals surface area contributed by atoms with Crippen molar-refractivity contribution >= 4 is 15.9 Å². The van der Waals surface area contributed by atoms with E-state index in [1.165, 1.54) is 32.3 Å². The second-order valence-electron chi connectivity index (χ2n) is 5.54. The number of halogens is 1. The third-order valence-electron chi connectivity index (χ3n) is 3.63. The molecule has 0 bridgehead atoms. The minimum atomic E-state index is -3.63. The van der Waals surface area contributed by atoms with Crippen molar-refractivity contribution in [1.82, 2.24) is 9.62 Å². The number of carbonyl (C=O) groups excluding carboxylic acids is 1. The first kappa shape index (κ1) is 18.1. The van der Waals surface area contributed by atoms with Crippen molar-refractivity contribution in [2.24, 2.45) is 0 Å². The number of amides is 1. The van der Waals surface area contributed by atoms with Crippen LogP contribution < -0.4 is 5.32 Å². The third kappa shape index (κ3) is 3.80. The number of sulfonamides is 1. The highest BCUT2D eigenvalue weighted by atomic mass is 32.2. The summed E-state index contributed by atoms with van der Waals surface area (Å²) in [5.41, 5.74) is 1.24. The molecule has 0 aliphatic rings. The maximum Gasteiger partial charge on any atom is 0.251 e. The largest absolute Gasteiger partial charge is 0.348 e. The highest BCUT2D eigenvalue weighted by Gasteiger charge is 2.20. The Morgan fingerprint density at radius 2 is 1.83 bits per heavy atom. The van der Waals surface area contributed by atoms with E-state index in [1.807, 2.05) is 0 Å². The lowest BCUT2D eigenvalue weighted by Crippen LogP contribution is -2.26. The molecule has 0 aromatic heterocycles. The summed E-state index contributed by atoms with van der Waals surface area (Å²) in [6.45, 7) is 1.74. The zero-order chi connectivity index (χ0) is 17.9. The number of rotatable bonds is 5. The molecule has 0 radical (unpaired) electrons. The molecule has 0 heterocycles. The molecular formula is C17H19FN2O3S. The van der Waals surface area contributed by atoms with Gasteiger partial charge in [-0.25, -0.2) is 17.1 Å². The third-order valence-corrected chi connectivity index (χ3v) is 5.44. The van der Waals surface area contributed by atoms with Crippen LogP contribution in [0.25, 0.3) is 0 Å². The van der Waals surface area contributed by atoms with Crippen LogP contribution in [0.4, 0.5) is 4.39 Å². The van der Waals surface area contributed by atoms with Crippen molar-refractivity contribution in [1.29, 1.82) is 0 Å². The molecule has 24 heavy (non-hydrogen) atoms. The van der Waals surface area contributed by atoms with Crippen LogP contribution in [0.5, 0.6) is 0 Å². The van der Waals surface area contributed by atoms with E-state index in [9.17, 15) is 17.6 Å².